The molecule has 0 aliphatic carbocycles. The maximum absolute atomic E-state index is 11.4. The highest BCUT2D eigenvalue weighted by Gasteiger charge is 2.02. The molecule has 0 aliphatic rings. The number of aryl methyl sites for hydroxylation is 1. The molecule has 0 spiro atoms. The highest BCUT2D eigenvalue weighted by atomic mass is 35.5. The molecule has 2 rings (SSSR count). The van der Waals surface area contributed by atoms with Crippen LogP contribution in [0.3, 0.4) is 0 Å². The van der Waals surface area contributed by atoms with Crippen molar-refractivity contribution in [3.8, 4) is 0 Å². The van der Waals surface area contributed by atoms with E-state index in [9.17, 15) is 4.79 Å². The van der Waals surface area contributed by atoms with Crippen LogP contribution in [0.4, 0.5) is 5.69 Å². The molecule has 0 saturated heterocycles. The zero-order valence-corrected chi connectivity index (χ0v) is 10.6. The van der Waals surface area contributed by atoms with E-state index in [2.05, 4.69) is 21.7 Å². The number of anilines is 1. The first kappa shape index (κ1) is 13.5. The molecular weight excluding hydrogens is 238 g/mol. The molecule has 1 aromatic heterocycles. The number of carbonyl (C=O) groups is 1. The summed E-state index contributed by atoms with van der Waals surface area (Å²) in [6, 6.07) is 7.89. The number of amides is 1. The number of aromatic amines is 1. The number of hydrogen-bond acceptors (Lipinski definition) is 2. The highest BCUT2D eigenvalue weighted by molar-refractivity contribution is 5.95. The minimum atomic E-state index is -0.0332. The van der Waals surface area contributed by atoms with Crippen molar-refractivity contribution in [2.24, 2.45) is 0 Å². The van der Waals surface area contributed by atoms with E-state index in [1.54, 1.807) is 7.05 Å². The monoisotopic (exact) mass is 253 g/mol. The van der Waals surface area contributed by atoms with Gasteiger partial charge in [0.1, 0.15) is 0 Å². The lowest BCUT2D eigenvalue weighted by Gasteiger charge is -2.04. The summed E-state index contributed by atoms with van der Waals surface area (Å²) in [7, 11) is 1.75. The third-order valence-electron chi connectivity index (χ3n) is 2.38. The Hall–Kier alpha value is -1.52. The van der Waals surface area contributed by atoms with Crippen molar-refractivity contribution in [1.29, 1.82) is 0 Å². The number of carbonyl (C=O) groups excluding carboxylic acids is 1. The summed E-state index contributed by atoms with van der Waals surface area (Å²) in [5.41, 5.74) is 3.03. The zero-order valence-electron chi connectivity index (χ0n) is 9.83. The Morgan fingerprint density at radius 2 is 2.12 bits per heavy atom. The van der Waals surface area contributed by atoms with E-state index < -0.39 is 0 Å². The molecule has 1 amide bonds. The lowest BCUT2D eigenvalue weighted by molar-refractivity contribution is -0.115. The average Bonchev–Trinajstić information content (AvgIpc) is 2.57. The fraction of sp³-hybridized carbons (Fsp3) is 0.250. The molecule has 1 aromatic carbocycles. The molecule has 17 heavy (non-hydrogen) atoms. The fourth-order valence-corrected chi connectivity index (χ4v) is 1.72. The molecule has 5 heteroatoms. The van der Waals surface area contributed by atoms with Gasteiger partial charge in [0.05, 0.1) is 6.54 Å². The van der Waals surface area contributed by atoms with Gasteiger partial charge in [-0.3, -0.25) is 4.79 Å². The van der Waals surface area contributed by atoms with Gasteiger partial charge in [0.2, 0.25) is 5.91 Å². The molecule has 0 atom stereocenters. The molecule has 2 aromatic rings. The quantitative estimate of drug-likeness (QED) is 0.784. The number of fused-ring (bicyclic) bond motifs is 1. The molecule has 92 valence electrons. The normalized spacial score (nSPS) is 10.0. The third kappa shape index (κ3) is 3.22. The standard InChI is InChI=1S/C12H15N3O.ClH/c1-8-5-9-6-10(3-4-11(9)14-8)15-12(16)7-13-2;/h3-6,13-14H,7H2,1-2H3,(H,15,16);1H. The minimum Gasteiger partial charge on any atom is -0.359 e. The van der Waals surface area contributed by atoms with Gasteiger partial charge in [-0.25, -0.2) is 0 Å². The molecule has 3 N–H and O–H groups in total. The van der Waals surface area contributed by atoms with Crippen LogP contribution >= 0.6 is 12.4 Å². The second-order valence-electron chi connectivity index (χ2n) is 3.83. The molecule has 0 saturated carbocycles. The predicted octanol–water partition coefficient (Wildman–Crippen LogP) is 2.06. The molecule has 0 bridgehead atoms. The van der Waals surface area contributed by atoms with Crippen LogP contribution in [-0.4, -0.2) is 24.5 Å². The summed E-state index contributed by atoms with van der Waals surface area (Å²) in [5.74, 6) is -0.0332. The molecule has 0 radical (unpaired) electrons. The SMILES string of the molecule is CNCC(=O)Nc1ccc2[nH]c(C)cc2c1.Cl. The molecule has 4 nitrogen and oxygen atoms in total. The first-order chi connectivity index (χ1) is 7.69. The van der Waals surface area contributed by atoms with Crippen LogP contribution in [-0.2, 0) is 4.79 Å². The molecule has 0 unspecified atom stereocenters. The Balaban J connectivity index is 0.00000144. The van der Waals surface area contributed by atoms with E-state index >= 15 is 0 Å². The van der Waals surface area contributed by atoms with Crippen molar-refractivity contribution in [3.63, 3.8) is 0 Å². The Labute approximate surface area is 106 Å². The topological polar surface area (TPSA) is 56.9 Å². The second-order valence-corrected chi connectivity index (χ2v) is 3.83. The van der Waals surface area contributed by atoms with Gasteiger partial charge in [-0.05, 0) is 38.2 Å². The minimum absolute atomic E-state index is 0. The summed E-state index contributed by atoms with van der Waals surface area (Å²) in [4.78, 5) is 14.6. The number of H-pyrrole nitrogens is 1. The molecule has 0 fully saturated rings. The van der Waals surface area contributed by atoms with E-state index in [0.29, 0.717) is 6.54 Å². The molecular formula is C12H16ClN3O. The Morgan fingerprint density at radius 3 is 2.82 bits per heavy atom. The van der Waals surface area contributed by atoms with Crippen molar-refractivity contribution in [3.05, 3.63) is 30.0 Å². The van der Waals surface area contributed by atoms with Gasteiger partial charge < -0.3 is 15.6 Å². The number of benzene rings is 1. The van der Waals surface area contributed by atoms with Gasteiger partial charge >= 0.3 is 0 Å². The van der Waals surface area contributed by atoms with Gasteiger partial charge in [-0.15, -0.1) is 12.4 Å². The van der Waals surface area contributed by atoms with Gasteiger partial charge in [-0.2, -0.15) is 0 Å². The summed E-state index contributed by atoms with van der Waals surface area (Å²) in [6.07, 6.45) is 0. The number of hydrogen-bond donors (Lipinski definition) is 3. The van der Waals surface area contributed by atoms with E-state index in [0.717, 1.165) is 22.3 Å². The van der Waals surface area contributed by atoms with Crippen LogP contribution in [0.25, 0.3) is 10.9 Å². The first-order valence-corrected chi connectivity index (χ1v) is 5.23. The van der Waals surface area contributed by atoms with Gasteiger partial charge in [0.25, 0.3) is 0 Å². The maximum Gasteiger partial charge on any atom is 0.238 e. The van der Waals surface area contributed by atoms with Crippen molar-refractivity contribution in [2.75, 3.05) is 18.9 Å². The van der Waals surface area contributed by atoms with Gasteiger partial charge in [-0.1, -0.05) is 0 Å². The van der Waals surface area contributed by atoms with Crippen LogP contribution in [0.2, 0.25) is 0 Å². The first-order valence-electron chi connectivity index (χ1n) is 5.23. The Morgan fingerprint density at radius 1 is 1.35 bits per heavy atom. The van der Waals surface area contributed by atoms with Crippen molar-refractivity contribution in [1.82, 2.24) is 10.3 Å². The zero-order chi connectivity index (χ0) is 11.5. The summed E-state index contributed by atoms with van der Waals surface area (Å²) < 4.78 is 0. The van der Waals surface area contributed by atoms with Crippen molar-refractivity contribution >= 4 is 34.9 Å². The van der Waals surface area contributed by atoms with Crippen molar-refractivity contribution < 1.29 is 4.79 Å². The number of rotatable bonds is 3. The lowest BCUT2D eigenvalue weighted by Crippen LogP contribution is -2.24. The number of nitrogens with one attached hydrogen (secondary N) is 3. The lowest BCUT2D eigenvalue weighted by atomic mass is 10.2. The van der Waals surface area contributed by atoms with E-state index in [-0.39, 0.29) is 18.3 Å². The predicted molar refractivity (Wildman–Crippen MR) is 72.8 cm³/mol. The Bertz CT molecular complexity index is 521. The summed E-state index contributed by atoms with van der Waals surface area (Å²) in [6.45, 7) is 2.34. The van der Waals surface area contributed by atoms with E-state index in [1.165, 1.54) is 0 Å². The van der Waals surface area contributed by atoms with Crippen molar-refractivity contribution in [2.45, 2.75) is 6.92 Å². The third-order valence-corrected chi connectivity index (χ3v) is 2.38. The van der Waals surface area contributed by atoms with Gasteiger partial charge in [0.15, 0.2) is 0 Å². The van der Waals surface area contributed by atoms with Crippen LogP contribution in [0.5, 0.6) is 0 Å². The summed E-state index contributed by atoms with van der Waals surface area (Å²) in [5, 5.41) is 6.75. The maximum atomic E-state index is 11.4. The fourth-order valence-electron chi connectivity index (χ4n) is 1.72. The largest absolute Gasteiger partial charge is 0.359 e. The number of likely N-dealkylation sites (N-methyl/N-ethyl adjacent to an activating group) is 1. The summed E-state index contributed by atoms with van der Waals surface area (Å²) >= 11 is 0. The number of halogens is 1. The smallest absolute Gasteiger partial charge is 0.238 e. The average molecular weight is 254 g/mol. The van der Waals surface area contributed by atoms with Crippen LogP contribution in [0, 0.1) is 6.92 Å². The molecule has 0 aliphatic heterocycles. The van der Waals surface area contributed by atoms with E-state index in [4.69, 9.17) is 0 Å². The molecule has 1 heterocycles. The number of aromatic nitrogens is 1. The van der Waals surface area contributed by atoms with Crippen LogP contribution in [0.15, 0.2) is 24.3 Å². The van der Waals surface area contributed by atoms with Crippen LogP contribution in [0.1, 0.15) is 5.69 Å². The second kappa shape index (κ2) is 5.70. The van der Waals surface area contributed by atoms with E-state index in [1.807, 2.05) is 25.1 Å². The van der Waals surface area contributed by atoms with Gasteiger partial charge in [0, 0.05) is 22.3 Å². The Kier molecular flexibility index (Phi) is 4.54. The van der Waals surface area contributed by atoms with Crippen LogP contribution < -0.4 is 10.6 Å². The highest BCUT2D eigenvalue weighted by Crippen LogP contribution is 2.19.